The molecule has 0 unspecified atom stereocenters. The van der Waals surface area contributed by atoms with Crippen molar-refractivity contribution in [2.24, 2.45) is 17.6 Å². The fourth-order valence-corrected chi connectivity index (χ4v) is 5.51. The summed E-state index contributed by atoms with van der Waals surface area (Å²) in [7, 11) is 3.06. The fraction of sp³-hybridized carbons (Fsp3) is 0.409. The van der Waals surface area contributed by atoms with Gasteiger partial charge in [0, 0.05) is 34.5 Å². The first kappa shape index (κ1) is 24.9. The van der Waals surface area contributed by atoms with Crippen LogP contribution in [0.1, 0.15) is 29.3 Å². The van der Waals surface area contributed by atoms with Crippen LogP contribution in [0.5, 0.6) is 5.75 Å². The molecule has 0 aromatic heterocycles. The van der Waals surface area contributed by atoms with Gasteiger partial charge in [-0.2, -0.15) is 0 Å². The molecule has 0 spiro atoms. The molecule has 0 heterocycles. The minimum Gasteiger partial charge on any atom is -0.510 e. The summed E-state index contributed by atoms with van der Waals surface area (Å²) < 4.78 is 0. The van der Waals surface area contributed by atoms with Crippen LogP contribution in [0.2, 0.25) is 0 Å². The summed E-state index contributed by atoms with van der Waals surface area (Å²) in [6.07, 6.45) is -0.200. The quantitative estimate of drug-likeness (QED) is 0.233. The van der Waals surface area contributed by atoms with Gasteiger partial charge in [0.2, 0.25) is 5.78 Å². The second-order valence-corrected chi connectivity index (χ2v) is 8.96. The Labute approximate surface area is 199 Å². The van der Waals surface area contributed by atoms with E-state index < -0.39 is 75.0 Å². The Kier molecular flexibility index (Phi) is 5.80. The van der Waals surface area contributed by atoms with Gasteiger partial charge in [0.15, 0.2) is 11.4 Å². The summed E-state index contributed by atoms with van der Waals surface area (Å²) in [5, 5.41) is 55.0. The number of aliphatic hydroxyl groups excluding tert-OH is 2. The van der Waals surface area contributed by atoms with Crippen molar-refractivity contribution < 1.29 is 57.0 Å². The van der Waals surface area contributed by atoms with Crippen LogP contribution in [0.15, 0.2) is 40.9 Å². The number of aliphatic hydroxyl groups is 4. The van der Waals surface area contributed by atoms with Crippen molar-refractivity contribution in [2.75, 3.05) is 14.1 Å². The Hall–Kier alpha value is -2.69. The summed E-state index contributed by atoms with van der Waals surface area (Å²) in [6.45, 7) is 1.40. The topological polar surface area (TPSA) is 182 Å². The third kappa shape index (κ3) is 3.00. The summed E-state index contributed by atoms with van der Waals surface area (Å²) in [4.78, 5) is 39.9. The number of carbonyl (C=O) groups is 3. The maximum atomic E-state index is 13.3. The van der Waals surface area contributed by atoms with E-state index in [9.17, 15) is 39.9 Å². The van der Waals surface area contributed by atoms with E-state index in [4.69, 9.17) is 5.73 Å². The van der Waals surface area contributed by atoms with Crippen molar-refractivity contribution in [1.29, 1.82) is 0 Å². The molecule has 4 rings (SSSR count). The monoisotopic (exact) mass is 507 g/mol. The number of hydrogen-bond acceptors (Lipinski definition) is 9. The number of phenols is 1. The predicted octanol–water partition coefficient (Wildman–Crippen LogP) is -0.217. The molecule has 0 bridgehead atoms. The summed E-state index contributed by atoms with van der Waals surface area (Å²) in [6, 6.07) is 3.05. The van der Waals surface area contributed by atoms with Crippen molar-refractivity contribution in [1.82, 2.24) is 4.90 Å². The molecule has 0 saturated heterocycles. The Morgan fingerprint density at radius 1 is 1.15 bits per heavy atom. The average molecular weight is 508 g/mol. The van der Waals surface area contributed by atoms with E-state index in [2.05, 4.69) is 0 Å². The molecule has 0 saturated carbocycles. The van der Waals surface area contributed by atoms with E-state index in [1.54, 1.807) is 0 Å². The number of nitrogens with zero attached hydrogens (tertiary/aromatic N) is 1. The number of amides is 1. The molecule has 0 fully saturated rings. The average Bonchev–Trinajstić information content (AvgIpc) is 2.68. The molecule has 33 heavy (non-hydrogen) atoms. The molecule has 0 aliphatic heterocycles. The first-order chi connectivity index (χ1) is 14.8. The zero-order chi connectivity index (χ0) is 23.9. The van der Waals surface area contributed by atoms with Crippen LogP contribution in [0, 0.1) is 11.8 Å². The molecule has 5 atom stereocenters. The third-order valence-electron chi connectivity index (χ3n) is 7.02. The number of ketones is 2. The van der Waals surface area contributed by atoms with E-state index in [0.717, 1.165) is 0 Å². The zero-order valence-corrected chi connectivity index (χ0v) is 18.9. The fourth-order valence-electron chi connectivity index (χ4n) is 5.51. The Bertz CT molecular complexity index is 1160. The number of likely N-dealkylation sites (N-methyl/N-ethyl adjacent to an activating group) is 1. The van der Waals surface area contributed by atoms with Crippen LogP contribution >= 0.6 is 0 Å². The van der Waals surface area contributed by atoms with Gasteiger partial charge in [0.25, 0.3) is 5.91 Å². The third-order valence-corrected chi connectivity index (χ3v) is 7.02. The Morgan fingerprint density at radius 3 is 2.30 bits per heavy atom. The number of hydrogen-bond donors (Lipinski definition) is 6. The van der Waals surface area contributed by atoms with Crippen LogP contribution in [-0.4, -0.2) is 73.6 Å². The molecule has 11 heteroatoms. The molecule has 3 aliphatic carbocycles. The first-order valence-electron chi connectivity index (χ1n) is 9.97. The predicted molar refractivity (Wildman–Crippen MR) is 110 cm³/mol. The minimum atomic E-state index is -2.75. The number of primary amides is 1. The molecule has 3 aliphatic rings. The molecule has 10 nitrogen and oxygen atoms in total. The molecule has 181 valence electrons. The van der Waals surface area contributed by atoms with E-state index in [1.807, 2.05) is 0 Å². The largest absolute Gasteiger partial charge is 0.510 e. The zero-order valence-electron chi connectivity index (χ0n) is 18.0. The molecule has 1 aromatic carbocycles. The molecule has 7 N–H and O–H groups in total. The number of fused-ring (bicyclic) bond motifs is 3. The second kappa shape index (κ2) is 7.68. The van der Waals surface area contributed by atoms with Gasteiger partial charge in [-0.3, -0.25) is 19.3 Å². The van der Waals surface area contributed by atoms with Gasteiger partial charge in [0.05, 0.1) is 17.2 Å². The number of aromatic hydroxyl groups is 1. The van der Waals surface area contributed by atoms with Crippen LogP contribution in [-0.2, 0) is 32.3 Å². The van der Waals surface area contributed by atoms with E-state index in [-0.39, 0.29) is 34.6 Å². The molecule has 1 amide bonds. The van der Waals surface area contributed by atoms with Crippen LogP contribution in [0.25, 0.3) is 0 Å². The summed E-state index contributed by atoms with van der Waals surface area (Å²) >= 11 is 0. The Balaban J connectivity index is 0.00000306. The summed E-state index contributed by atoms with van der Waals surface area (Å²) in [5.74, 6) is -7.89. The smallest absolute Gasteiger partial charge is 0.255 e. The molecule has 1 aromatic rings. The van der Waals surface area contributed by atoms with E-state index in [0.29, 0.717) is 0 Å². The van der Waals surface area contributed by atoms with Gasteiger partial charge < -0.3 is 31.3 Å². The van der Waals surface area contributed by atoms with E-state index >= 15 is 0 Å². The Morgan fingerprint density at radius 2 is 1.76 bits per heavy atom. The van der Waals surface area contributed by atoms with Crippen LogP contribution in [0.4, 0.5) is 0 Å². The van der Waals surface area contributed by atoms with Gasteiger partial charge in [-0.05, 0) is 39.1 Å². The van der Waals surface area contributed by atoms with E-state index in [1.165, 1.54) is 44.1 Å². The number of rotatable bonds is 2. The van der Waals surface area contributed by atoms with Crippen LogP contribution in [0.3, 0.4) is 0 Å². The minimum absolute atomic E-state index is 0. The molecular formula is C22H24CuN2O8. The summed E-state index contributed by atoms with van der Waals surface area (Å²) in [5.41, 5.74) is -0.654. The second-order valence-electron chi connectivity index (χ2n) is 8.96. The molecular weight excluding hydrogens is 484 g/mol. The number of Topliss-reactive ketones (excluding diaryl/α,β-unsaturated/α-hetero) is 2. The van der Waals surface area contributed by atoms with Gasteiger partial charge >= 0.3 is 0 Å². The van der Waals surface area contributed by atoms with Crippen molar-refractivity contribution in [3.63, 3.8) is 0 Å². The van der Waals surface area contributed by atoms with Gasteiger partial charge in [-0.1, -0.05) is 12.1 Å². The van der Waals surface area contributed by atoms with Crippen LogP contribution < -0.4 is 5.73 Å². The first-order valence-corrected chi connectivity index (χ1v) is 9.97. The molecule has 1 radical (unpaired) electrons. The normalized spacial score (nSPS) is 33.3. The van der Waals surface area contributed by atoms with Crippen molar-refractivity contribution in [3.05, 3.63) is 52.0 Å². The van der Waals surface area contributed by atoms with Crippen molar-refractivity contribution in [2.45, 2.75) is 30.6 Å². The number of phenolic OH excluding ortho intramolecular Hbond substituents is 1. The number of benzene rings is 1. The number of carbonyl (C=O) groups excluding carboxylic acids is 3. The van der Waals surface area contributed by atoms with Gasteiger partial charge in [-0.15, -0.1) is 0 Å². The SMILES string of the molecule is CN(C)[C@@H]1C(O)=C(C(N)=O)C(=O)[C@@]2(O)C(O)=C3C(=O)c4c(O)cccc4[C@@](C)(O)[C@H]3C[C@@H]12.[Cu]. The standard InChI is InChI=1S/C22H24N2O8.Cu/c1-21(31)8-5-4-6-11(25)12(8)16(26)13-9(21)7-10-15(24(2)3)17(27)14(20(23)30)19(29)22(10,32)18(13)28;/h4-6,9-10,15,25,27-28,31-32H,7H2,1-3H3,(H2,23,30);/t9-,10-,15-,21+,22-;/m0./s1. The maximum absolute atomic E-state index is 13.3. The number of nitrogens with two attached hydrogens (primary N) is 1. The van der Waals surface area contributed by atoms with Gasteiger partial charge in [-0.25, -0.2) is 0 Å². The van der Waals surface area contributed by atoms with Crippen molar-refractivity contribution >= 4 is 17.5 Å². The maximum Gasteiger partial charge on any atom is 0.255 e. The van der Waals surface area contributed by atoms with Crippen molar-refractivity contribution in [3.8, 4) is 5.75 Å². The van der Waals surface area contributed by atoms with Gasteiger partial charge in [0.1, 0.15) is 22.8 Å².